The van der Waals surface area contributed by atoms with Crippen molar-refractivity contribution in [1.29, 1.82) is 0 Å². The zero-order chi connectivity index (χ0) is 10.8. The van der Waals surface area contributed by atoms with Crippen molar-refractivity contribution in [2.45, 2.75) is 13.8 Å². The molecule has 0 aliphatic carbocycles. The van der Waals surface area contributed by atoms with Crippen molar-refractivity contribution >= 4 is 23.1 Å². The standard InChI is InChI=1S/C8H9N5OS/c1-4-3-6(12-10-4)9-7(14)8-13-11-5(2)15-8/h3H,1-2H3,(H2,9,10,12,14). The van der Waals surface area contributed by atoms with E-state index < -0.39 is 0 Å². The molecule has 0 bridgehead atoms. The van der Waals surface area contributed by atoms with Crippen LogP contribution in [-0.2, 0) is 0 Å². The number of aromatic amines is 1. The fourth-order valence-corrected chi connectivity index (χ4v) is 1.63. The van der Waals surface area contributed by atoms with Gasteiger partial charge in [-0.1, -0.05) is 11.3 Å². The van der Waals surface area contributed by atoms with Gasteiger partial charge in [-0.25, -0.2) is 0 Å². The van der Waals surface area contributed by atoms with Crippen molar-refractivity contribution in [3.63, 3.8) is 0 Å². The predicted octanol–water partition coefficient (Wildman–Crippen LogP) is 1.13. The molecule has 0 radical (unpaired) electrons. The van der Waals surface area contributed by atoms with Crippen molar-refractivity contribution in [3.05, 3.63) is 21.8 Å². The fourth-order valence-electron chi connectivity index (χ4n) is 1.04. The number of H-pyrrole nitrogens is 1. The van der Waals surface area contributed by atoms with Crippen LogP contribution >= 0.6 is 11.3 Å². The third-order valence-corrected chi connectivity index (χ3v) is 2.51. The third-order valence-electron chi connectivity index (χ3n) is 1.67. The zero-order valence-corrected chi connectivity index (χ0v) is 9.05. The van der Waals surface area contributed by atoms with Crippen LogP contribution in [0.5, 0.6) is 0 Å². The average molecular weight is 223 g/mol. The van der Waals surface area contributed by atoms with Gasteiger partial charge in [0.2, 0.25) is 5.01 Å². The molecule has 0 aliphatic rings. The van der Waals surface area contributed by atoms with Gasteiger partial charge in [-0.3, -0.25) is 9.89 Å². The number of amides is 1. The molecule has 2 heterocycles. The highest BCUT2D eigenvalue weighted by atomic mass is 32.1. The number of anilines is 1. The lowest BCUT2D eigenvalue weighted by atomic mass is 10.4. The summed E-state index contributed by atoms with van der Waals surface area (Å²) in [6.07, 6.45) is 0. The molecule has 2 aromatic heterocycles. The first-order chi connectivity index (χ1) is 7.15. The molecule has 0 spiro atoms. The van der Waals surface area contributed by atoms with Crippen LogP contribution in [0.3, 0.4) is 0 Å². The lowest BCUT2D eigenvalue weighted by molar-refractivity contribution is 0.102. The van der Waals surface area contributed by atoms with E-state index in [0.29, 0.717) is 10.8 Å². The number of aryl methyl sites for hydroxylation is 2. The Morgan fingerprint density at radius 3 is 2.80 bits per heavy atom. The topological polar surface area (TPSA) is 83.6 Å². The number of rotatable bonds is 2. The quantitative estimate of drug-likeness (QED) is 0.799. The van der Waals surface area contributed by atoms with Gasteiger partial charge in [0, 0.05) is 11.8 Å². The number of hydrogen-bond acceptors (Lipinski definition) is 5. The highest BCUT2D eigenvalue weighted by Gasteiger charge is 2.12. The number of aromatic nitrogens is 4. The number of carbonyl (C=O) groups excluding carboxylic acids is 1. The molecule has 0 fully saturated rings. The van der Waals surface area contributed by atoms with E-state index in [-0.39, 0.29) is 5.91 Å². The van der Waals surface area contributed by atoms with Gasteiger partial charge in [0.15, 0.2) is 5.82 Å². The molecule has 2 rings (SSSR count). The van der Waals surface area contributed by atoms with Crippen LogP contribution in [0.2, 0.25) is 0 Å². The van der Waals surface area contributed by atoms with E-state index in [1.54, 1.807) is 13.0 Å². The lowest BCUT2D eigenvalue weighted by Crippen LogP contribution is -2.11. The van der Waals surface area contributed by atoms with E-state index in [4.69, 9.17) is 0 Å². The van der Waals surface area contributed by atoms with Crippen molar-refractivity contribution in [2.24, 2.45) is 0 Å². The molecule has 0 saturated carbocycles. The smallest absolute Gasteiger partial charge is 0.287 e. The van der Waals surface area contributed by atoms with Crippen LogP contribution in [0.1, 0.15) is 20.5 Å². The lowest BCUT2D eigenvalue weighted by Gasteiger charge is -1.95. The van der Waals surface area contributed by atoms with Gasteiger partial charge in [0.25, 0.3) is 5.91 Å². The van der Waals surface area contributed by atoms with E-state index in [2.05, 4.69) is 25.7 Å². The van der Waals surface area contributed by atoms with Crippen molar-refractivity contribution < 1.29 is 4.79 Å². The highest BCUT2D eigenvalue weighted by molar-refractivity contribution is 7.13. The Morgan fingerprint density at radius 2 is 2.27 bits per heavy atom. The number of hydrogen-bond donors (Lipinski definition) is 2. The van der Waals surface area contributed by atoms with Crippen LogP contribution in [0, 0.1) is 13.8 Å². The first-order valence-corrected chi connectivity index (χ1v) is 5.10. The molecule has 1 amide bonds. The minimum absolute atomic E-state index is 0.285. The van der Waals surface area contributed by atoms with Crippen LogP contribution in [-0.4, -0.2) is 26.3 Å². The molecule has 6 nitrogen and oxygen atoms in total. The summed E-state index contributed by atoms with van der Waals surface area (Å²) in [4.78, 5) is 11.6. The molecule has 7 heteroatoms. The van der Waals surface area contributed by atoms with Gasteiger partial charge in [-0.05, 0) is 13.8 Å². The van der Waals surface area contributed by atoms with Crippen LogP contribution in [0.25, 0.3) is 0 Å². The normalized spacial score (nSPS) is 10.3. The second kappa shape index (κ2) is 3.77. The molecule has 0 aliphatic heterocycles. The summed E-state index contributed by atoms with van der Waals surface area (Å²) in [6.45, 7) is 3.66. The van der Waals surface area contributed by atoms with E-state index >= 15 is 0 Å². The summed E-state index contributed by atoms with van der Waals surface area (Å²) < 4.78 is 0. The summed E-state index contributed by atoms with van der Waals surface area (Å²) >= 11 is 1.25. The second-order valence-corrected chi connectivity index (χ2v) is 4.20. The number of carbonyl (C=O) groups is 1. The van der Waals surface area contributed by atoms with Crippen LogP contribution < -0.4 is 5.32 Å². The van der Waals surface area contributed by atoms with E-state index in [9.17, 15) is 4.79 Å². The van der Waals surface area contributed by atoms with Gasteiger partial charge in [-0.2, -0.15) is 5.10 Å². The van der Waals surface area contributed by atoms with Crippen molar-refractivity contribution in [2.75, 3.05) is 5.32 Å². The Morgan fingerprint density at radius 1 is 1.47 bits per heavy atom. The molecule has 2 aromatic rings. The summed E-state index contributed by atoms with van der Waals surface area (Å²) in [6, 6.07) is 1.74. The Bertz CT molecular complexity index is 489. The summed E-state index contributed by atoms with van der Waals surface area (Å²) in [5.41, 5.74) is 0.888. The molecule has 0 unspecified atom stereocenters. The molecule has 0 aromatic carbocycles. The molecule has 2 N–H and O–H groups in total. The van der Waals surface area contributed by atoms with Crippen molar-refractivity contribution in [1.82, 2.24) is 20.4 Å². The van der Waals surface area contributed by atoms with E-state index in [0.717, 1.165) is 10.7 Å². The minimum atomic E-state index is -0.285. The summed E-state index contributed by atoms with van der Waals surface area (Å²) in [5.74, 6) is 0.206. The monoisotopic (exact) mass is 223 g/mol. The molecule has 15 heavy (non-hydrogen) atoms. The van der Waals surface area contributed by atoms with E-state index in [1.165, 1.54) is 11.3 Å². The summed E-state index contributed by atoms with van der Waals surface area (Å²) in [5, 5.41) is 17.8. The van der Waals surface area contributed by atoms with Crippen LogP contribution in [0.15, 0.2) is 6.07 Å². The Kier molecular flexibility index (Phi) is 2.46. The van der Waals surface area contributed by atoms with E-state index in [1.807, 2.05) is 6.92 Å². The molecular weight excluding hydrogens is 214 g/mol. The summed E-state index contributed by atoms with van der Waals surface area (Å²) in [7, 11) is 0. The van der Waals surface area contributed by atoms with Gasteiger partial charge in [0.05, 0.1) is 0 Å². The first kappa shape index (κ1) is 9.78. The minimum Gasteiger partial charge on any atom is -0.303 e. The predicted molar refractivity (Wildman–Crippen MR) is 55.9 cm³/mol. The largest absolute Gasteiger partial charge is 0.303 e. The SMILES string of the molecule is Cc1cc(NC(=O)c2nnc(C)s2)n[nH]1. The Balaban J connectivity index is 2.10. The Labute approximate surface area is 89.7 Å². The zero-order valence-electron chi connectivity index (χ0n) is 8.24. The first-order valence-electron chi connectivity index (χ1n) is 4.28. The second-order valence-electron chi connectivity index (χ2n) is 3.02. The van der Waals surface area contributed by atoms with Crippen LogP contribution in [0.4, 0.5) is 5.82 Å². The molecule has 0 saturated heterocycles. The molecular formula is C8H9N5OS. The highest BCUT2D eigenvalue weighted by Crippen LogP contribution is 2.11. The van der Waals surface area contributed by atoms with Gasteiger partial charge < -0.3 is 5.32 Å². The fraction of sp³-hybridized carbons (Fsp3) is 0.250. The maximum absolute atomic E-state index is 11.6. The molecule has 0 atom stereocenters. The van der Waals surface area contributed by atoms with Gasteiger partial charge >= 0.3 is 0 Å². The maximum Gasteiger partial charge on any atom is 0.287 e. The van der Waals surface area contributed by atoms with Gasteiger partial charge in [-0.15, -0.1) is 10.2 Å². The number of nitrogens with one attached hydrogen (secondary N) is 2. The molecule has 78 valence electrons. The number of nitrogens with zero attached hydrogens (tertiary/aromatic N) is 3. The Hall–Kier alpha value is -1.76. The van der Waals surface area contributed by atoms with Gasteiger partial charge in [0.1, 0.15) is 5.01 Å². The maximum atomic E-state index is 11.6. The van der Waals surface area contributed by atoms with Crippen molar-refractivity contribution in [3.8, 4) is 0 Å². The average Bonchev–Trinajstić information content (AvgIpc) is 2.75. The third kappa shape index (κ3) is 2.18.